The number of fused-ring (bicyclic) bond motifs is 1. The minimum atomic E-state index is -0.626. The van der Waals surface area contributed by atoms with Crippen molar-refractivity contribution in [1.29, 1.82) is 0 Å². The molecular weight excluding hydrogens is 306 g/mol. The lowest BCUT2D eigenvalue weighted by Gasteiger charge is -2.30. The smallest absolute Gasteiger partial charge is 0.332 e. The first-order valence-corrected chi connectivity index (χ1v) is 7.61. The van der Waals surface area contributed by atoms with Crippen molar-refractivity contribution in [1.82, 2.24) is 0 Å². The van der Waals surface area contributed by atoms with Crippen LogP contribution in [0, 0.1) is 13.8 Å². The number of aryl methyl sites for hydroxylation is 2. The van der Waals surface area contributed by atoms with Crippen LogP contribution in [-0.2, 0) is 9.53 Å². The van der Waals surface area contributed by atoms with Crippen molar-refractivity contribution < 1.29 is 19.4 Å². The topological polar surface area (TPSA) is 67.8 Å². The van der Waals surface area contributed by atoms with Gasteiger partial charge >= 0.3 is 5.97 Å². The van der Waals surface area contributed by atoms with Gasteiger partial charge in [0.05, 0.1) is 18.5 Å². The van der Waals surface area contributed by atoms with E-state index >= 15 is 0 Å². The zero-order valence-corrected chi connectivity index (χ0v) is 13.8. The molecular formula is C19H19NO4. The third-order valence-electron chi connectivity index (χ3n) is 3.88. The Labute approximate surface area is 140 Å². The second-order valence-electron chi connectivity index (χ2n) is 5.81. The van der Waals surface area contributed by atoms with Gasteiger partial charge in [-0.15, -0.1) is 0 Å². The highest BCUT2D eigenvalue weighted by Gasteiger charge is 2.29. The normalized spacial score (nSPS) is 17.6. The van der Waals surface area contributed by atoms with Gasteiger partial charge in [-0.1, -0.05) is 17.7 Å². The second-order valence-corrected chi connectivity index (χ2v) is 5.81. The number of anilines is 1. The number of carbonyl (C=O) groups excluding carboxylic acids is 1. The molecule has 1 unspecified atom stereocenters. The monoisotopic (exact) mass is 325 g/mol. The number of benzene rings is 2. The van der Waals surface area contributed by atoms with Gasteiger partial charge in [-0.05, 0) is 43.7 Å². The summed E-state index contributed by atoms with van der Waals surface area (Å²) in [4.78, 5) is 11.7. The average molecular weight is 325 g/mol. The second kappa shape index (κ2) is 6.28. The van der Waals surface area contributed by atoms with E-state index in [0.717, 1.165) is 16.8 Å². The Hall–Kier alpha value is -2.95. The summed E-state index contributed by atoms with van der Waals surface area (Å²) in [5, 5.41) is 13.5. The molecule has 0 bridgehead atoms. The van der Waals surface area contributed by atoms with E-state index in [0.29, 0.717) is 17.0 Å². The molecule has 3 rings (SSSR count). The van der Waals surface area contributed by atoms with Crippen molar-refractivity contribution in [3.63, 3.8) is 0 Å². The van der Waals surface area contributed by atoms with E-state index in [-0.39, 0.29) is 5.75 Å². The fourth-order valence-corrected chi connectivity index (χ4v) is 2.67. The third kappa shape index (κ3) is 3.06. The lowest BCUT2D eigenvalue weighted by Crippen LogP contribution is -2.23. The molecule has 0 aromatic heterocycles. The van der Waals surface area contributed by atoms with E-state index in [4.69, 9.17) is 9.47 Å². The van der Waals surface area contributed by atoms with Gasteiger partial charge in [-0.3, -0.25) is 0 Å². The molecule has 1 atom stereocenters. The minimum absolute atomic E-state index is 0.110. The van der Waals surface area contributed by atoms with Gasteiger partial charge in [0.15, 0.2) is 6.10 Å². The Morgan fingerprint density at radius 3 is 2.67 bits per heavy atom. The number of phenols is 1. The molecule has 24 heavy (non-hydrogen) atoms. The molecule has 2 N–H and O–H groups in total. The quantitative estimate of drug-likeness (QED) is 0.652. The molecule has 1 aliphatic rings. The van der Waals surface area contributed by atoms with Gasteiger partial charge in [0.1, 0.15) is 11.5 Å². The molecule has 2 aromatic rings. The number of ether oxygens (including phenoxy) is 2. The van der Waals surface area contributed by atoms with Crippen LogP contribution in [0.3, 0.4) is 0 Å². The van der Waals surface area contributed by atoms with E-state index < -0.39 is 12.1 Å². The summed E-state index contributed by atoms with van der Waals surface area (Å²) in [5.41, 5.74) is 3.93. The van der Waals surface area contributed by atoms with Crippen molar-refractivity contribution in [3.05, 3.63) is 64.9 Å². The number of carbonyl (C=O) groups is 1. The largest absolute Gasteiger partial charge is 0.508 e. The molecule has 1 heterocycles. The highest BCUT2D eigenvalue weighted by Crippen LogP contribution is 2.42. The van der Waals surface area contributed by atoms with Crippen molar-refractivity contribution in [2.24, 2.45) is 0 Å². The summed E-state index contributed by atoms with van der Waals surface area (Å²) in [6.07, 6.45) is 0.719. The molecule has 0 radical (unpaired) electrons. The molecule has 5 heteroatoms. The van der Waals surface area contributed by atoms with Crippen LogP contribution in [0.2, 0.25) is 0 Å². The Morgan fingerprint density at radius 1 is 1.21 bits per heavy atom. The zero-order chi connectivity index (χ0) is 17.3. The van der Waals surface area contributed by atoms with Crippen molar-refractivity contribution in [2.45, 2.75) is 20.0 Å². The van der Waals surface area contributed by atoms with Crippen LogP contribution >= 0.6 is 0 Å². The van der Waals surface area contributed by atoms with Crippen LogP contribution in [0.25, 0.3) is 0 Å². The first-order valence-electron chi connectivity index (χ1n) is 7.61. The summed E-state index contributed by atoms with van der Waals surface area (Å²) >= 11 is 0. The van der Waals surface area contributed by atoms with Gasteiger partial charge in [0.25, 0.3) is 0 Å². The zero-order valence-electron chi connectivity index (χ0n) is 13.8. The maximum Gasteiger partial charge on any atom is 0.332 e. The maximum absolute atomic E-state index is 11.7. The highest BCUT2D eigenvalue weighted by atomic mass is 16.5. The molecule has 1 aliphatic heterocycles. The van der Waals surface area contributed by atoms with Gasteiger partial charge in [-0.2, -0.15) is 0 Å². The molecule has 5 nitrogen and oxygen atoms in total. The highest BCUT2D eigenvalue weighted by molar-refractivity contribution is 5.84. The number of hydrogen-bond acceptors (Lipinski definition) is 5. The Morgan fingerprint density at radius 2 is 1.92 bits per heavy atom. The molecule has 0 saturated heterocycles. The van der Waals surface area contributed by atoms with Gasteiger partial charge < -0.3 is 19.9 Å². The molecule has 0 saturated carbocycles. The lowest BCUT2D eigenvalue weighted by molar-refractivity contribution is -0.134. The Kier molecular flexibility index (Phi) is 4.16. The number of phenolic OH excluding ortho intramolecular Hbond substituents is 1. The van der Waals surface area contributed by atoms with Crippen LogP contribution in [0.1, 0.15) is 22.8 Å². The number of esters is 1. The summed E-state index contributed by atoms with van der Waals surface area (Å²) < 4.78 is 10.8. The fourth-order valence-electron chi connectivity index (χ4n) is 2.67. The van der Waals surface area contributed by atoms with E-state index in [1.807, 2.05) is 44.2 Å². The Bertz CT molecular complexity index is 826. The number of rotatable bonds is 2. The predicted molar refractivity (Wildman–Crippen MR) is 91.1 cm³/mol. The Balaban J connectivity index is 2.10. The van der Waals surface area contributed by atoms with E-state index in [1.54, 1.807) is 6.07 Å². The standard InChI is InChI=1S/C19H19NO4/c1-11-4-6-16(21)13(8-11)19-15(10-18(22)23-3)20-14-9-12(2)5-7-17(14)24-19/h4-10,19-21H,1-3H3/b15-10-. The molecule has 0 amide bonds. The van der Waals surface area contributed by atoms with Crippen LogP contribution in [0.15, 0.2) is 48.2 Å². The van der Waals surface area contributed by atoms with Crippen LogP contribution < -0.4 is 10.1 Å². The van der Waals surface area contributed by atoms with Crippen LogP contribution in [0.5, 0.6) is 11.5 Å². The van der Waals surface area contributed by atoms with Crippen LogP contribution in [-0.4, -0.2) is 18.2 Å². The number of hydrogen-bond donors (Lipinski definition) is 2. The van der Waals surface area contributed by atoms with Crippen molar-refractivity contribution >= 4 is 11.7 Å². The molecule has 124 valence electrons. The summed E-state index contributed by atoms with van der Waals surface area (Å²) in [5.74, 6) is 0.279. The molecule has 0 spiro atoms. The number of methoxy groups -OCH3 is 1. The maximum atomic E-state index is 11.7. The first kappa shape index (κ1) is 15.9. The predicted octanol–water partition coefficient (Wildman–Crippen LogP) is 3.61. The van der Waals surface area contributed by atoms with Gasteiger partial charge in [-0.25, -0.2) is 4.79 Å². The van der Waals surface area contributed by atoms with Gasteiger partial charge in [0.2, 0.25) is 0 Å². The average Bonchev–Trinajstić information content (AvgIpc) is 2.56. The first-order chi connectivity index (χ1) is 11.5. The summed E-state index contributed by atoms with van der Waals surface area (Å²) in [6.45, 7) is 3.91. The molecule has 2 aromatic carbocycles. The minimum Gasteiger partial charge on any atom is -0.508 e. The molecule has 0 aliphatic carbocycles. The van der Waals surface area contributed by atoms with Gasteiger partial charge in [0, 0.05) is 11.6 Å². The lowest BCUT2D eigenvalue weighted by atomic mass is 10.00. The van der Waals surface area contributed by atoms with Crippen LogP contribution in [0.4, 0.5) is 5.69 Å². The van der Waals surface area contributed by atoms with Crippen molar-refractivity contribution in [3.8, 4) is 11.5 Å². The van der Waals surface area contributed by atoms with E-state index in [9.17, 15) is 9.90 Å². The third-order valence-corrected chi connectivity index (χ3v) is 3.88. The summed E-state index contributed by atoms with van der Waals surface area (Å²) in [6, 6.07) is 11.0. The molecule has 0 fully saturated rings. The fraction of sp³-hybridized carbons (Fsp3) is 0.211. The van der Waals surface area contributed by atoms with Crippen molar-refractivity contribution in [2.75, 3.05) is 12.4 Å². The number of aromatic hydroxyl groups is 1. The summed E-state index contributed by atoms with van der Waals surface area (Å²) in [7, 11) is 1.32. The van der Waals surface area contributed by atoms with E-state index in [1.165, 1.54) is 13.2 Å². The SMILES string of the molecule is COC(=O)/C=C1\Nc2cc(C)ccc2OC1c1cc(C)ccc1O. The number of nitrogens with one attached hydrogen (secondary N) is 1. The van der Waals surface area contributed by atoms with E-state index in [2.05, 4.69) is 5.32 Å².